The number of hydrogen-bond donors (Lipinski definition) is 1. The van der Waals surface area contributed by atoms with E-state index in [1.54, 1.807) is 0 Å². The molecule has 0 spiro atoms. The molecule has 1 aliphatic rings. The number of hydrogen-bond acceptors (Lipinski definition) is 4. The minimum atomic E-state index is -5.91. The molecule has 2 atom stereocenters. The Kier molecular flexibility index (Phi) is 4.79. The third kappa shape index (κ3) is 3.37. The van der Waals surface area contributed by atoms with E-state index in [9.17, 15) is 39.9 Å². The number of rotatable bonds is 2. The molecular formula is C14H15F6NO4S. The van der Waals surface area contributed by atoms with E-state index in [0.717, 1.165) is 6.07 Å². The van der Waals surface area contributed by atoms with Crippen LogP contribution in [0.4, 0.5) is 26.3 Å². The third-order valence-corrected chi connectivity index (χ3v) is 5.67. The van der Waals surface area contributed by atoms with E-state index in [1.807, 2.05) is 0 Å². The van der Waals surface area contributed by atoms with Crippen molar-refractivity contribution in [2.24, 2.45) is 0 Å². The molecule has 1 N–H and O–H groups in total. The smallest absolute Gasteiger partial charge is 0.485 e. The molecule has 1 heterocycles. The Morgan fingerprint density at radius 1 is 1.15 bits per heavy atom. The maximum Gasteiger partial charge on any atom is 0.511 e. The zero-order chi connectivity index (χ0) is 20.3. The predicted molar refractivity (Wildman–Crippen MR) is 77.6 cm³/mol. The second-order valence-corrected chi connectivity index (χ2v) is 8.30. The first-order valence-electron chi connectivity index (χ1n) is 7.12. The number of alkyl halides is 6. The van der Waals surface area contributed by atoms with Crippen molar-refractivity contribution in [1.82, 2.24) is 4.31 Å². The Hall–Kier alpha value is -1.53. The van der Waals surface area contributed by atoms with Gasteiger partial charge in [-0.1, -0.05) is 0 Å². The van der Waals surface area contributed by atoms with E-state index in [4.69, 9.17) is 4.74 Å². The number of sulfonamides is 1. The molecule has 1 aromatic rings. The first kappa shape index (κ1) is 20.8. The number of halogens is 6. The van der Waals surface area contributed by atoms with Gasteiger partial charge in [0.1, 0.15) is 17.5 Å². The van der Waals surface area contributed by atoms with E-state index >= 15 is 0 Å². The zero-order valence-corrected chi connectivity index (χ0v) is 14.5. The second kappa shape index (κ2) is 5.99. The predicted octanol–water partition coefficient (Wildman–Crippen LogP) is 3.06. The van der Waals surface area contributed by atoms with Gasteiger partial charge >= 0.3 is 21.7 Å². The molecule has 0 aliphatic carbocycles. The number of aliphatic hydroxyl groups excluding tert-OH is 1. The van der Waals surface area contributed by atoms with Crippen LogP contribution in [0.3, 0.4) is 0 Å². The van der Waals surface area contributed by atoms with Crippen LogP contribution in [0.15, 0.2) is 18.2 Å². The SMILES string of the molecule is CN([C@H]1c2cc(C(F)(F)F)ccc2OC(C)(C)[C@@H]1O)S(=O)(=O)C(F)(F)F. The number of fused-ring (bicyclic) bond motifs is 1. The molecule has 0 radical (unpaired) electrons. The fraction of sp³-hybridized carbons (Fsp3) is 0.571. The van der Waals surface area contributed by atoms with Gasteiger partial charge in [0.05, 0.1) is 11.6 Å². The minimum Gasteiger partial charge on any atom is -0.485 e. The molecule has 2 rings (SSSR count). The minimum absolute atomic E-state index is 0.180. The monoisotopic (exact) mass is 407 g/mol. The zero-order valence-electron chi connectivity index (χ0n) is 13.7. The highest BCUT2D eigenvalue weighted by Crippen LogP contribution is 2.46. The number of ether oxygens (including phenoxy) is 1. The Bertz CT molecular complexity index is 803. The fourth-order valence-electron chi connectivity index (χ4n) is 2.65. The quantitative estimate of drug-likeness (QED) is 0.766. The lowest BCUT2D eigenvalue weighted by molar-refractivity contribution is -0.138. The lowest BCUT2D eigenvalue weighted by Crippen LogP contribution is -2.55. The van der Waals surface area contributed by atoms with Crippen LogP contribution < -0.4 is 4.74 Å². The number of benzene rings is 1. The highest BCUT2D eigenvalue weighted by Gasteiger charge is 2.55. The van der Waals surface area contributed by atoms with Gasteiger partial charge in [-0.05, 0) is 32.0 Å². The van der Waals surface area contributed by atoms with Gasteiger partial charge in [0.25, 0.3) is 0 Å². The average molecular weight is 407 g/mol. The van der Waals surface area contributed by atoms with Crippen LogP contribution in [0.1, 0.15) is 31.0 Å². The molecule has 5 nitrogen and oxygen atoms in total. The van der Waals surface area contributed by atoms with Crippen molar-refractivity contribution in [1.29, 1.82) is 0 Å². The van der Waals surface area contributed by atoms with Crippen molar-refractivity contribution in [3.05, 3.63) is 29.3 Å². The van der Waals surface area contributed by atoms with Crippen molar-refractivity contribution >= 4 is 10.0 Å². The summed E-state index contributed by atoms with van der Waals surface area (Å²) in [6.07, 6.45) is -6.68. The maximum absolute atomic E-state index is 12.9. The summed E-state index contributed by atoms with van der Waals surface area (Å²) in [7, 11) is -5.37. The topological polar surface area (TPSA) is 66.8 Å². The summed E-state index contributed by atoms with van der Waals surface area (Å²) < 4.78 is 106. The first-order chi connectivity index (χ1) is 11.5. The van der Waals surface area contributed by atoms with Gasteiger partial charge in [-0.15, -0.1) is 0 Å². The van der Waals surface area contributed by atoms with E-state index < -0.39 is 50.6 Å². The number of likely N-dealkylation sites (N-methyl/N-ethyl adjacent to an activating group) is 1. The summed E-state index contributed by atoms with van der Waals surface area (Å²) >= 11 is 0. The standard InChI is InChI=1S/C14H15F6NO4S/c1-12(2)11(22)10(21(3)26(23,24)14(18,19)20)8-6-7(13(15,16)17)4-5-9(8)25-12/h4-6,10-11,22H,1-3H3/t10-,11+/m0/s1. The van der Waals surface area contributed by atoms with Crippen LogP contribution in [-0.4, -0.2) is 42.1 Å². The van der Waals surface area contributed by atoms with Gasteiger partial charge in [-0.25, -0.2) is 8.42 Å². The van der Waals surface area contributed by atoms with Gasteiger partial charge < -0.3 is 9.84 Å². The molecule has 1 aromatic carbocycles. The Balaban J connectivity index is 2.69. The van der Waals surface area contributed by atoms with Crippen molar-refractivity contribution in [3.63, 3.8) is 0 Å². The van der Waals surface area contributed by atoms with Crippen LogP contribution in [0.25, 0.3) is 0 Å². The Labute approximate surface area is 145 Å². The number of aliphatic hydroxyl groups is 1. The Morgan fingerprint density at radius 3 is 2.15 bits per heavy atom. The Morgan fingerprint density at radius 2 is 1.69 bits per heavy atom. The molecule has 148 valence electrons. The molecule has 0 saturated carbocycles. The second-order valence-electron chi connectivity index (χ2n) is 6.31. The summed E-state index contributed by atoms with van der Waals surface area (Å²) in [5.41, 5.74) is -8.96. The molecule has 0 bridgehead atoms. The lowest BCUT2D eigenvalue weighted by Gasteiger charge is -2.45. The third-order valence-electron chi connectivity index (χ3n) is 4.10. The molecular weight excluding hydrogens is 392 g/mol. The molecule has 0 aromatic heterocycles. The van der Waals surface area contributed by atoms with Crippen LogP contribution in [0.2, 0.25) is 0 Å². The molecule has 0 unspecified atom stereocenters. The van der Waals surface area contributed by atoms with Gasteiger partial charge in [0.15, 0.2) is 0 Å². The summed E-state index contributed by atoms with van der Waals surface area (Å²) in [5.74, 6) is -0.248. The fourth-order valence-corrected chi connectivity index (χ4v) is 3.50. The summed E-state index contributed by atoms with van der Waals surface area (Å²) in [6, 6.07) is 0.0815. The summed E-state index contributed by atoms with van der Waals surface area (Å²) in [5, 5.41) is 10.4. The van der Waals surface area contributed by atoms with Crippen molar-refractivity contribution < 1.29 is 44.6 Å². The normalized spacial score (nSPS) is 23.5. The highest BCUT2D eigenvalue weighted by atomic mass is 32.2. The molecule has 26 heavy (non-hydrogen) atoms. The van der Waals surface area contributed by atoms with E-state index in [0.29, 0.717) is 19.2 Å². The molecule has 0 amide bonds. The lowest BCUT2D eigenvalue weighted by atomic mass is 9.86. The van der Waals surface area contributed by atoms with Crippen molar-refractivity contribution in [2.45, 2.75) is 43.3 Å². The van der Waals surface area contributed by atoms with E-state index in [2.05, 4.69) is 0 Å². The van der Waals surface area contributed by atoms with Gasteiger partial charge in [0.2, 0.25) is 0 Å². The van der Waals surface area contributed by atoms with Gasteiger partial charge in [-0.3, -0.25) is 0 Å². The number of nitrogens with zero attached hydrogens (tertiary/aromatic N) is 1. The summed E-state index contributed by atoms with van der Waals surface area (Å²) in [4.78, 5) is 0. The van der Waals surface area contributed by atoms with Gasteiger partial charge in [0, 0.05) is 12.6 Å². The molecule has 1 aliphatic heterocycles. The van der Waals surface area contributed by atoms with Crippen LogP contribution in [0, 0.1) is 0 Å². The first-order valence-corrected chi connectivity index (χ1v) is 8.56. The van der Waals surface area contributed by atoms with Crippen LogP contribution in [0.5, 0.6) is 5.75 Å². The molecule has 12 heteroatoms. The molecule has 0 fully saturated rings. The van der Waals surface area contributed by atoms with E-state index in [1.165, 1.54) is 13.8 Å². The van der Waals surface area contributed by atoms with Crippen LogP contribution >= 0.6 is 0 Å². The van der Waals surface area contributed by atoms with Crippen molar-refractivity contribution in [2.75, 3.05) is 7.05 Å². The summed E-state index contributed by atoms with van der Waals surface area (Å²) in [6.45, 7) is 2.55. The van der Waals surface area contributed by atoms with E-state index in [-0.39, 0.29) is 10.1 Å². The largest absolute Gasteiger partial charge is 0.511 e. The maximum atomic E-state index is 12.9. The average Bonchev–Trinajstić information content (AvgIpc) is 2.45. The molecule has 0 saturated heterocycles. The van der Waals surface area contributed by atoms with Crippen molar-refractivity contribution in [3.8, 4) is 5.75 Å². The van der Waals surface area contributed by atoms with Crippen LogP contribution in [-0.2, 0) is 16.2 Å². The highest BCUT2D eigenvalue weighted by molar-refractivity contribution is 7.89. The van der Waals surface area contributed by atoms with Gasteiger partial charge in [-0.2, -0.15) is 30.6 Å².